The topological polar surface area (TPSA) is 85.6 Å². The molecule has 1 atom stereocenters. The van der Waals surface area contributed by atoms with Crippen molar-refractivity contribution < 1.29 is 14.6 Å². The number of aliphatic hydroxyl groups excluding tert-OH is 1. The lowest BCUT2D eigenvalue weighted by atomic mass is 10.2. The summed E-state index contributed by atoms with van der Waals surface area (Å²) in [6.45, 7) is 3.21. The molecular weight excluding hydrogens is 270 g/mol. The average Bonchev–Trinajstić information content (AvgIpc) is 2.52. The zero-order valence-corrected chi connectivity index (χ0v) is 12.4. The second-order valence-corrected chi connectivity index (χ2v) is 4.57. The summed E-state index contributed by atoms with van der Waals surface area (Å²) in [5.41, 5.74) is 0.433. The van der Waals surface area contributed by atoms with Crippen molar-refractivity contribution in [2.24, 2.45) is 0 Å². The Morgan fingerprint density at radius 2 is 2.24 bits per heavy atom. The highest BCUT2D eigenvalue weighted by Crippen LogP contribution is 2.16. The van der Waals surface area contributed by atoms with E-state index < -0.39 is 6.10 Å². The van der Waals surface area contributed by atoms with Crippen molar-refractivity contribution in [3.05, 3.63) is 29.8 Å². The SMILES string of the molecule is CCN(CC(=O)NC)CC(O)COc1ccccc1C#N. The number of para-hydroxylation sites is 1. The molecule has 21 heavy (non-hydrogen) atoms. The molecule has 6 heteroatoms. The molecule has 0 spiro atoms. The normalized spacial score (nSPS) is 11.8. The van der Waals surface area contributed by atoms with Crippen LogP contribution in [0, 0.1) is 11.3 Å². The summed E-state index contributed by atoms with van der Waals surface area (Å²) >= 11 is 0. The van der Waals surface area contributed by atoms with E-state index in [1.54, 1.807) is 31.3 Å². The molecule has 1 unspecified atom stereocenters. The van der Waals surface area contributed by atoms with E-state index in [2.05, 4.69) is 5.32 Å². The smallest absolute Gasteiger partial charge is 0.233 e. The van der Waals surface area contributed by atoms with Gasteiger partial charge in [0, 0.05) is 13.6 Å². The third-order valence-electron chi connectivity index (χ3n) is 3.00. The number of likely N-dealkylation sites (N-methyl/N-ethyl adjacent to an activating group) is 2. The fourth-order valence-electron chi connectivity index (χ4n) is 1.81. The van der Waals surface area contributed by atoms with Gasteiger partial charge in [-0.3, -0.25) is 9.69 Å². The lowest BCUT2D eigenvalue weighted by Gasteiger charge is -2.22. The van der Waals surface area contributed by atoms with Gasteiger partial charge in [0.1, 0.15) is 24.5 Å². The second-order valence-electron chi connectivity index (χ2n) is 4.57. The quantitative estimate of drug-likeness (QED) is 0.722. The highest BCUT2D eigenvalue weighted by molar-refractivity contribution is 5.77. The van der Waals surface area contributed by atoms with Crippen LogP contribution in [0.5, 0.6) is 5.75 Å². The monoisotopic (exact) mass is 291 g/mol. The minimum atomic E-state index is -0.735. The first-order chi connectivity index (χ1) is 10.1. The Balaban J connectivity index is 2.48. The van der Waals surface area contributed by atoms with Gasteiger partial charge in [-0.05, 0) is 18.7 Å². The van der Waals surface area contributed by atoms with Crippen LogP contribution in [0.15, 0.2) is 24.3 Å². The van der Waals surface area contributed by atoms with E-state index in [4.69, 9.17) is 10.00 Å². The lowest BCUT2D eigenvalue weighted by molar-refractivity contribution is -0.122. The minimum Gasteiger partial charge on any atom is -0.489 e. The van der Waals surface area contributed by atoms with Crippen LogP contribution in [0.3, 0.4) is 0 Å². The predicted octanol–water partition coefficient (Wildman–Crippen LogP) is 0.366. The number of nitrogens with zero attached hydrogens (tertiary/aromatic N) is 2. The first-order valence-electron chi connectivity index (χ1n) is 6.83. The first-order valence-corrected chi connectivity index (χ1v) is 6.83. The van der Waals surface area contributed by atoms with Crippen molar-refractivity contribution in [3.8, 4) is 11.8 Å². The number of benzene rings is 1. The van der Waals surface area contributed by atoms with Crippen molar-refractivity contribution in [1.82, 2.24) is 10.2 Å². The molecule has 0 saturated carbocycles. The Bertz CT molecular complexity index is 499. The fourth-order valence-corrected chi connectivity index (χ4v) is 1.81. The largest absolute Gasteiger partial charge is 0.489 e. The molecule has 0 aromatic heterocycles. The van der Waals surface area contributed by atoms with Gasteiger partial charge >= 0.3 is 0 Å². The molecule has 0 radical (unpaired) electrons. The number of hydrogen-bond acceptors (Lipinski definition) is 5. The standard InChI is InChI=1S/C15H21N3O3/c1-3-18(10-15(20)17-2)9-13(19)11-21-14-7-5-4-6-12(14)8-16/h4-7,13,19H,3,9-11H2,1-2H3,(H,17,20). The highest BCUT2D eigenvalue weighted by Gasteiger charge is 2.14. The van der Waals surface area contributed by atoms with Gasteiger partial charge in [0.25, 0.3) is 0 Å². The third-order valence-corrected chi connectivity index (χ3v) is 3.00. The zero-order chi connectivity index (χ0) is 15.7. The van der Waals surface area contributed by atoms with E-state index in [0.29, 0.717) is 24.4 Å². The molecule has 0 aliphatic heterocycles. The molecule has 0 aliphatic carbocycles. The predicted molar refractivity (Wildman–Crippen MR) is 78.8 cm³/mol. The molecule has 6 nitrogen and oxygen atoms in total. The van der Waals surface area contributed by atoms with E-state index in [1.165, 1.54) is 0 Å². The Kier molecular flexibility index (Phi) is 7.23. The summed E-state index contributed by atoms with van der Waals surface area (Å²) in [6.07, 6.45) is -0.735. The maximum absolute atomic E-state index is 11.3. The Labute approximate surface area is 124 Å². The first kappa shape index (κ1) is 17.0. The molecule has 1 aromatic rings. The van der Waals surface area contributed by atoms with Crippen LogP contribution in [0.25, 0.3) is 0 Å². The number of hydrogen-bond donors (Lipinski definition) is 2. The third kappa shape index (κ3) is 5.81. The van der Waals surface area contributed by atoms with Gasteiger partial charge in [-0.15, -0.1) is 0 Å². The Morgan fingerprint density at radius 3 is 2.86 bits per heavy atom. The molecule has 1 amide bonds. The van der Waals surface area contributed by atoms with Crippen LogP contribution in [-0.2, 0) is 4.79 Å². The van der Waals surface area contributed by atoms with E-state index in [-0.39, 0.29) is 19.1 Å². The number of carbonyl (C=O) groups excluding carboxylic acids is 1. The van der Waals surface area contributed by atoms with Gasteiger partial charge in [0.15, 0.2) is 0 Å². The van der Waals surface area contributed by atoms with Gasteiger partial charge in [-0.25, -0.2) is 0 Å². The number of amides is 1. The van der Waals surface area contributed by atoms with Gasteiger partial charge in [-0.1, -0.05) is 19.1 Å². The maximum Gasteiger partial charge on any atom is 0.233 e. The summed E-state index contributed by atoms with van der Waals surface area (Å²) in [6, 6.07) is 8.91. The number of carbonyl (C=O) groups is 1. The Morgan fingerprint density at radius 1 is 1.52 bits per heavy atom. The Hall–Kier alpha value is -2.10. The molecule has 0 saturated heterocycles. The van der Waals surface area contributed by atoms with Gasteiger partial charge < -0.3 is 15.2 Å². The molecule has 0 fully saturated rings. The number of nitriles is 1. The number of ether oxygens (including phenoxy) is 1. The van der Waals surface area contributed by atoms with E-state index in [9.17, 15) is 9.90 Å². The molecule has 2 N–H and O–H groups in total. The average molecular weight is 291 g/mol. The van der Waals surface area contributed by atoms with E-state index >= 15 is 0 Å². The van der Waals surface area contributed by atoms with Crippen molar-refractivity contribution in [2.45, 2.75) is 13.0 Å². The molecule has 1 rings (SSSR count). The van der Waals surface area contributed by atoms with E-state index in [0.717, 1.165) is 0 Å². The van der Waals surface area contributed by atoms with Gasteiger partial charge in [0.2, 0.25) is 5.91 Å². The van der Waals surface area contributed by atoms with Crippen LogP contribution in [0.4, 0.5) is 0 Å². The van der Waals surface area contributed by atoms with Crippen molar-refractivity contribution in [3.63, 3.8) is 0 Å². The summed E-state index contributed by atoms with van der Waals surface area (Å²) in [5, 5.41) is 21.5. The van der Waals surface area contributed by atoms with Crippen LogP contribution < -0.4 is 10.1 Å². The number of rotatable bonds is 8. The number of nitrogens with one attached hydrogen (secondary N) is 1. The van der Waals surface area contributed by atoms with Crippen LogP contribution in [0.1, 0.15) is 12.5 Å². The summed E-state index contributed by atoms with van der Waals surface area (Å²) < 4.78 is 5.47. The van der Waals surface area contributed by atoms with Crippen molar-refractivity contribution in [2.75, 3.05) is 33.3 Å². The summed E-state index contributed by atoms with van der Waals surface area (Å²) in [7, 11) is 1.58. The fraction of sp³-hybridized carbons (Fsp3) is 0.467. The summed E-state index contributed by atoms with van der Waals surface area (Å²) in [4.78, 5) is 13.1. The molecular formula is C15H21N3O3. The van der Waals surface area contributed by atoms with Gasteiger partial charge in [0.05, 0.1) is 12.1 Å². The van der Waals surface area contributed by atoms with Crippen LogP contribution in [0.2, 0.25) is 0 Å². The van der Waals surface area contributed by atoms with Crippen LogP contribution >= 0.6 is 0 Å². The highest BCUT2D eigenvalue weighted by atomic mass is 16.5. The van der Waals surface area contributed by atoms with Crippen molar-refractivity contribution in [1.29, 1.82) is 5.26 Å². The lowest BCUT2D eigenvalue weighted by Crippen LogP contribution is -2.41. The van der Waals surface area contributed by atoms with Gasteiger partial charge in [-0.2, -0.15) is 5.26 Å². The molecule has 0 bridgehead atoms. The summed E-state index contributed by atoms with van der Waals surface area (Å²) in [5.74, 6) is 0.355. The molecule has 1 aromatic carbocycles. The maximum atomic E-state index is 11.3. The van der Waals surface area contributed by atoms with Crippen LogP contribution in [-0.4, -0.2) is 55.3 Å². The minimum absolute atomic E-state index is 0.0724. The molecule has 0 heterocycles. The van der Waals surface area contributed by atoms with E-state index in [1.807, 2.05) is 17.9 Å². The second kappa shape index (κ2) is 8.95. The van der Waals surface area contributed by atoms with Crippen molar-refractivity contribution >= 4 is 5.91 Å². The molecule has 114 valence electrons. The number of aliphatic hydroxyl groups is 1. The molecule has 0 aliphatic rings. The zero-order valence-electron chi connectivity index (χ0n) is 12.4.